The summed E-state index contributed by atoms with van der Waals surface area (Å²) in [5, 5.41) is 0. The molecule has 0 spiro atoms. The van der Waals surface area contributed by atoms with Gasteiger partial charge in [-0.25, -0.2) is 0 Å². The van der Waals surface area contributed by atoms with Crippen molar-refractivity contribution in [3.63, 3.8) is 0 Å². The van der Waals surface area contributed by atoms with E-state index < -0.39 is 0 Å². The molecule has 0 aromatic heterocycles. The van der Waals surface area contributed by atoms with E-state index in [1.807, 2.05) is 0 Å². The molecular formula is C21H33NO2. The lowest BCUT2D eigenvalue weighted by molar-refractivity contribution is -0.152. The zero-order valence-corrected chi connectivity index (χ0v) is 15.4. The van der Waals surface area contributed by atoms with Gasteiger partial charge in [0.05, 0.1) is 5.92 Å². The van der Waals surface area contributed by atoms with Crippen LogP contribution in [0.1, 0.15) is 58.8 Å². The molecule has 3 atom stereocenters. The van der Waals surface area contributed by atoms with Gasteiger partial charge < -0.3 is 4.74 Å². The minimum atomic E-state index is 0.0203. The Morgan fingerprint density at radius 3 is 2.54 bits per heavy atom. The van der Waals surface area contributed by atoms with E-state index in [1.165, 1.54) is 19.3 Å². The van der Waals surface area contributed by atoms with E-state index in [1.54, 1.807) is 0 Å². The first-order valence-corrected chi connectivity index (χ1v) is 9.83. The van der Waals surface area contributed by atoms with Crippen molar-refractivity contribution in [1.82, 2.24) is 4.90 Å². The van der Waals surface area contributed by atoms with E-state index in [-0.39, 0.29) is 17.4 Å². The molecule has 0 N–H and O–H groups in total. The number of rotatable bonds is 6. The van der Waals surface area contributed by atoms with Gasteiger partial charge in [0.2, 0.25) is 0 Å². The maximum atomic E-state index is 12.9. The minimum Gasteiger partial charge on any atom is -0.464 e. The number of carbonyl (C=O) groups is 1. The van der Waals surface area contributed by atoms with Crippen LogP contribution in [0.15, 0.2) is 24.3 Å². The number of hydrogen-bond donors (Lipinski definition) is 0. The zero-order chi connectivity index (χ0) is 17.0. The largest absolute Gasteiger partial charge is 0.464 e. The predicted octanol–water partition coefficient (Wildman–Crippen LogP) is 4.34. The monoisotopic (exact) mass is 331 g/mol. The van der Waals surface area contributed by atoms with Crippen LogP contribution < -0.4 is 0 Å². The van der Waals surface area contributed by atoms with Crippen molar-refractivity contribution in [3.8, 4) is 0 Å². The molecule has 0 aromatic rings. The fraction of sp³-hybridized carbons (Fsp3) is 0.762. The van der Waals surface area contributed by atoms with Gasteiger partial charge in [-0.3, -0.25) is 9.69 Å². The standard InChI is InChI=1S/C21H33NO2/c1-21(2)13-8-14-22(21)15-16-24-20(23)19(18-11-6-7-12-18)17-9-4-3-5-10-17/h4,6,9,11,17-19H,3,5,7-8,10,12-16H2,1-2H3/t17-,18-,19+/m0/s1. The Balaban J connectivity index is 1.56. The second kappa shape index (κ2) is 7.86. The molecule has 3 nitrogen and oxygen atoms in total. The van der Waals surface area contributed by atoms with Crippen LogP contribution in [0.3, 0.4) is 0 Å². The quantitative estimate of drug-likeness (QED) is 0.535. The zero-order valence-electron chi connectivity index (χ0n) is 15.4. The molecule has 0 bridgehead atoms. The minimum absolute atomic E-state index is 0.0203. The second-order valence-corrected chi connectivity index (χ2v) is 8.29. The van der Waals surface area contributed by atoms with Crippen molar-refractivity contribution in [3.05, 3.63) is 24.3 Å². The van der Waals surface area contributed by atoms with Crippen LogP contribution in [-0.4, -0.2) is 36.1 Å². The molecule has 0 saturated carbocycles. The van der Waals surface area contributed by atoms with Gasteiger partial charge in [0.1, 0.15) is 6.61 Å². The molecule has 3 aliphatic rings. The summed E-state index contributed by atoms with van der Waals surface area (Å²) in [6.07, 6.45) is 17.2. The number of allylic oxidation sites excluding steroid dienone is 4. The molecule has 3 rings (SSSR count). The van der Waals surface area contributed by atoms with E-state index in [9.17, 15) is 4.79 Å². The average Bonchev–Trinajstić information content (AvgIpc) is 3.19. The van der Waals surface area contributed by atoms with Gasteiger partial charge in [0.25, 0.3) is 0 Å². The summed E-state index contributed by atoms with van der Waals surface area (Å²) >= 11 is 0. The van der Waals surface area contributed by atoms with Crippen LogP contribution in [0, 0.1) is 17.8 Å². The molecule has 24 heavy (non-hydrogen) atoms. The third-order valence-electron chi connectivity index (χ3n) is 6.21. The van der Waals surface area contributed by atoms with Gasteiger partial charge in [-0.15, -0.1) is 0 Å². The van der Waals surface area contributed by atoms with Crippen molar-refractivity contribution >= 4 is 5.97 Å². The van der Waals surface area contributed by atoms with Gasteiger partial charge in [0.15, 0.2) is 0 Å². The third-order valence-corrected chi connectivity index (χ3v) is 6.21. The van der Waals surface area contributed by atoms with Crippen LogP contribution in [0.2, 0.25) is 0 Å². The van der Waals surface area contributed by atoms with E-state index in [0.717, 1.165) is 38.8 Å². The molecule has 1 saturated heterocycles. The Morgan fingerprint density at radius 1 is 1.17 bits per heavy atom. The first-order valence-electron chi connectivity index (χ1n) is 9.83. The number of hydrogen-bond acceptors (Lipinski definition) is 3. The van der Waals surface area contributed by atoms with Crippen LogP contribution in [0.5, 0.6) is 0 Å². The Hall–Kier alpha value is -1.09. The fourth-order valence-electron chi connectivity index (χ4n) is 4.69. The Bertz CT molecular complexity index is 494. The first-order chi connectivity index (χ1) is 11.6. The summed E-state index contributed by atoms with van der Waals surface area (Å²) in [5.74, 6) is 0.780. The summed E-state index contributed by atoms with van der Waals surface area (Å²) in [6, 6.07) is 0. The molecule has 1 heterocycles. The SMILES string of the molecule is CC1(C)CCCN1CCOC(=O)[C@@H]([C@H]1C=CCC1)[C@H]1C=CCCC1. The summed E-state index contributed by atoms with van der Waals surface area (Å²) in [7, 11) is 0. The summed E-state index contributed by atoms with van der Waals surface area (Å²) in [5.41, 5.74) is 0.256. The van der Waals surface area contributed by atoms with E-state index in [2.05, 4.69) is 43.1 Å². The van der Waals surface area contributed by atoms with Crippen molar-refractivity contribution in [2.75, 3.05) is 19.7 Å². The molecule has 134 valence electrons. The maximum absolute atomic E-state index is 12.9. The highest BCUT2D eigenvalue weighted by molar-refractivity contribution is 5.74. The first kappa shape index (κ1) is 17.7. The number of carbonyl (C=O) groups excluding carboxylic acids is 1. The van der Waals surface area contributed by atoms with Crippen LogP contribution >= 0.6 is 0 Å². The van der Waals surface area contributed by atoms with Crippen LogP contribution in [0.25, 0.3) is 0 Å². The lowest BCUT2D eigenvalue weighted by atomic mass is 9.77. The smallest absolute Gasteiger partial charge is 0.310 e. The molecule has 0 unspecified atom stereocenters. The van der Waals surface area contributed by atoms with Gasteiger partial charge in [0, 0.05) is 12.1 Å². The van der Waals surface area contributed by atoms with Crippen LogP contribution in [-0.2, 0) is 9.53 Å². The molecule has 1 fully saturated rings. The number of likely N-dealkylation sites (tertiary alicyclic amines) is 1. The summed E-state index contributed by atoms with van der Waals surface area (Å²) < 4.78 is 5.78. The van der Waals surface area contributed by atoms with Crippen molar-refractivity contribution < 1.29 is 9.53 Å². The maximum Gasteiger partial charge on any atom is 0.310 e. The normalized spacial score (nSPS) is 30.6. The van der Waals surface area contributed by atoms with Crippen molar-refractivity contribution in [2.45, 2.75) is 64.3 Å². The Kier molecular flexibility index (Phi) is 5.80. The van der Waals surface area contributed by atoms with E-state index in [0.29, 0.717) is 18.4 Å². The topological polar surface area (TPSA) is 29.5 Å². The highest BCUT2D eigenvalue weighted by Crippen LogP contribution is 2.36. The highest BCUT2D eigenvalue weighted by atomic mass is 16.5. The molecule has 2 aliphatic carbocycles. The molecule has 3 heteroatoms. The van der Waals surface area contributed by atoms with Gasteiger partial charge >= 0.3 is 5.97 Å². The molecule has 0 radical (unpaired) electrons. The van der Waals surface area contributed by atoms with Gasteiger partial charge in [-0.2, -0.15) is 0 Å². The molecular weight excluding hydrogens is 298 g/mol. The van der Waals surface area contributed by atoms with Crippen molar-refractivity contribution in [1.29, 1.82) is 0 Å². The molecule has 0 amide bonds. The average molecular weight is 332 g/mol. The lowest BCUT2D eigenvalue weighted by Gasteiger charge is -2.32. The summed E-state index contributed by atoms with van der Waals surface area (Å²) in [6.45, 7) is 7.12. The fourth-order valence-corrected chi connectivity index (χ4v) is 4.69. The van der Waals surface area contributed by atoms with Crippen molar-refractivity contribution in [2.24, 2.45) is 17.8 Å². The highest BCUT2D eigenvalue weighted by Gasteiger charge is 2.36. The third kappa shape index (κ3) is 4.11. The molecule has 1 aliphatic heterocycles. The number of esters is 1. The van der Waals surface area contributed by atoms with Crippen LogP contribution in [0.4, 0.5) is 0 Å². The Labute approximate surface area is 147 Å². The van der Waals surface area contributed by atoms with E-state index >= 15 is 0 Å². The van der Waals surface area contributed by atoms with E-state index in [4.69, 9.17) is 4.74 Å². The number of nitrogens with zero attached hydrogens (tertiary/aromatic N) is 1. The van der Waals surface area contributed by atoms with Gasteiger partial charge in [-0.05, 0) is 77.2 Å². The summed E-state index contributed by atoms with van der Waals surface area (Å²) in [4.78, 5) is 15.3. The lowest BCUT2D eigenvalue weighted by Crippen LogP contribution is -2.41. The Morgan fingerprint density at radius 2 is 1.92 bits per heavy atom. The molecule has 0 aromatic carbocycles. The number of ether oxygens (including phenoxy) is 1. The second-order valence-electron chi connectivity index (χ2n) is 8.29. The van der Waals surface area contributed by atoms with Gasteiger partial charge in [-0.1, -0.05) is 24.3 Å². The predicted molar refractivity (Wildman–Crippen MR) is 97.7 cm³/mol.